The monoisotopic (exact) mass is 290 g/mol. The lowest BCUT2D eigenvalue weighted by Crippen LogP contribution is -2.11. The average molecular weight is 290 g/mol. The summed E-state index contributed by atoms with van der Waals surface area (Å²) >= 11 is 0. The summed E-state index contributed by atoms with van der Waals surface area (Å²) in [6.45, 7) is 2.21. The van der Waals surface area contributed by atoms with E-state index < -0.39 is 29.0 Å². The van der Waals surface area contributed by atoms with Gasteiger partial charge in [0.25, 0.3) is 0 Å². The third-order valence-electron chi connectivity index (χ3n) is 2.69. The number of nitrogens with one attached hydrogen (secondary N) is 1. The van der Waals surface area contributed by atoms with E-state index in [1.165, 1.54) is 0 Å². The molecule has 0 saturated heterocycles. The Labute approximate surface area is 111 Å². The Kier molecular flexibility index (Phi) is 3.78. The van der Waals surface area contributed by atoms with Crippen LogP contribution in [0.25, 0.3) is 10.9 Å². The molecular formula is C13H11F5N2. The second-order valence-electron chi connectivity index (χ2n) is 4.26. The van der Waals surface area contributed by atoms with Crippen LogP contribution in [0.1, 0.15) is 19.0 Å². The van der Waals surface area contributed by atoms with Crippen LogP contribution in [0.15, 0.2) is 18.2 Å². The SMILES string of the molecule is CCCNc1cc(C(F)(F)F)nc2c(F)cc(F)cc12. The van der Waals surface area contributed by atoms with E-state index in [4.69, 9.17) is 0 Å². The van der Waals surface area contributed by atoms with Gasteiger partial charge in [0, 0.05) is 23.7 Å². The Morgan fingerprint density at radius 1 is 1.15 bits per heavy atom. The number of hydrogen-bond acceptors (Lipinski definition) is 2. The molecule has 0 bridgehead atoms. The summed E-state index contributed by atoms with van der Waals surface area (Å²) in [5.41, 5.74) is -1.70. The molecule has 1 aromatic carbocycles. The van der Waals surface area contributed by atoms with Gasteiger partial charge in [0.1, 0.15) is 17.0 Å². The minimum Gasteiger partial charge on any atom is -0.384 e. The van der Waals surface area contributed by atoms with Crippen LogP contribution in [0.4, 0.5) is 27.6 Å². The van der Waals surface area contributed by atoms with Crippen LogP contribution < -0.4 is 5.32 Å². The summed E-state index contributed by atoms with van der Waals surface area (Å²) in [6, 6.07) is 2.24. The molecule has 2 nitrogen and oxygen atoms in total. The van der Waals surface area contributed by atoms with E-state index in [2.05, 4.69) is 10.3 Å². The predicted octanol–water partition coefficient (Wildman–Crippen LogP) is 4.35. The molecule has 108 valence electrons. The summed E-state index contributed by atoms with van der Waals surface area (Å²) in [5, 5.41) is 2.72. The summed E-state index contributed by atoms with van der Waals surface area (Å²) in [7, 11) is 0. The number of fused-ring (bicyclic) bond motifs is 1. The van der Waals surface area contributed by atoms with Gasteiger partial charge in [-0.15, -0.1) is 0 Å². The first kappa shape index (κ1) is 14.5. The molecule has 1 N–H and O–H groups in total. The molecule has 20 heavy (non-hydrogen) atoms. The first-order valence-electron chi connectivity index (χ1n) is 5.93. The van der Waals surface area contributed by atoms with Crippen LogP contribution in [-0.2, 0) is 6.18 Å². The Morgan fingerprint density at radius 3 is 2.45 bits per heavy atom. The van der Waals surface area contributed by atoms with Crippen molar-refractivity contribution in [3.63, 3.8) is 0 Å². The van der Waals surface area contributed by atoms with E-state index in [0.29, 0.717) is 19.0 Å². The van der Waals surface area contributed by atoms with E-state index in [9.17, 15) is 22.0 Å². The highest BCUT2D eigenvalue weighted by Gasteiger charge is 2.33. The molecule has 0 amide bonds. The molecule has 1 heterocycles. The van der Waals surface area contributed by atoms with Gasteiger partial charge in [-0.25, -0.2) is 13.8 Å². The molecule has 0 aliphatic heterocycles. The van der Waals surface area contributed by atoms with Gasteiger partial charge in [0.15, 0.2) is 5.82 Å². The van der Waals surface area contributed by atoms with Crippen molar-refractivity contribution in [3.8, 4) is 0 Å². The summed E-state index contributed by atoms with van der Waals surface area (Å²) in [4.78, 5) is 3.25. The van der Waals surface area contributed by atoms with Crippen LogP contribution in [0.3, 0.4) is 0 Å². The van der Waals surface area contributed by atoms with Gasteiger partial charge in [-0.1, -0.05) is 6.92 Å². The second-order valence-corrected chi connectivity index (χ2v) is 4.26. The first-order chi connectivity index (χ1) is 9.32. The maximum atomic E-state index is 13.6. The van der Waals surface area contributed by atoms with Crippen molar-refractivity contribution in [2.24, 2.45) is 0 Å². The molecule has 2 aromatic rings. The number of nitrogens with zero attached hydrogens (tertiary/aromatic N) is 1. The maximum absolute atomic E-state index is 13.6. The Morgan fingerprint density at radius 2 is 1.85 bits per heavy atom. The van der Waals surface area contributed by atoms with Gasteiger partial charge in [-0.05, 0) is 18.6 Å². The normalized spacial score (nSPS) is 11.9. The fourth-order valence-electron chi connectivity index (χ4n) is 1.80. The molecule has 0 fully saturated rings. The zero-order valence-corrected chi connectivity index (χ0v) is 10.5. The third-order valence-corrected chi connectivity index (χ3v) is 2.69. The molecule has 0 spiro atoms. The van der Waals surface area contributed by atoms with E-state index in [0.717, 1.165) is 12.1 Å². The Bertz CT molecular complexity index is 637. The van der Waals surface area contributed by atoms with Gasteiger partial charge >= 0.3 is 6.18 Å². The van der Waals surface area contributed by atoms with Crippen molar-refractivity contribution in [2.45, 2.75) is 19.5 Å². The standard InChI is InChI=1S/C13H11F5N2/c1-2-3-19-10-6-11(13(16,17)18)20-12-8(10)4-7(14)5-9(12)15/h4-6H,2-3H2,1H3,(H,19,20). The largest absolute Gasteiger partial charge is 0.433 e. The summed E-state index contributed by atoms with van der Waals surface area (Å²) < 4.78 is 65.1. The number of benzene rings is 1. The maximum Gasteiger partial charge on any atom is 0.433 e. The lowest BCUT2D eigenvalue weighted by atomic mass is 10.1. The van der Waals surface area contributed by atoms with Crippen molar-refractivity contribution in [2.75, 3.05) is 11.9 Å². The van der Waals surface area contributed by atoms with Gasteiger partial charge < -0.3 is 5.32 Å². The molecule has 7 heteroatoms. The fourth-order valence-corrected chi connectivity index (χ4v) is 1.80. The number of anilines is 1. The highest BCUT2D eigenvalue weighted by atomic mass is 19.4. The van der Waals surface area contributed by atoms with Crippen LogP contribution in [0, 0.1) is 11.6 Å². The quantitative estimate of drug-likeness (QED) is 0.850. The number of alkyl halides is 3. The number of hydrogen-bond donors (Lipinski definition) is 1. The smallest absolute Gasteiger partial charge is 0.384 e. The van der Waals surface area contributed by atoms with Gasteiger partial charge in [-0.2, -0.15) is 13.2 Å². The Hall–Kier alpha value is -1.92. The Balaban J connectivity index is 2.71. The molecule has 0 saturated carbocycles. The van der Waals surface area contributed by atoms with Gasteiger partial charge in [0.05, 0.1) is 0 Å². The minimum absolute atomic E-state index is 0.0102. The van der Waals surface area contributed by atoms with Crippen molar-refractivity contribution in [1.29, 1.82) is 0 Å². The van der Waals surface area contributed by atoms with Crippen molar-refractivity contribution in [1.82, 2.24) is 4.98 Å². The molecule has 0 aliphatic rings. The number of rotatable bonds is 3. The second kappa shape index (κ2) is 5.22. The topological polar surface area (TPSA) is 24.9 Å². The lowest BCUT2D eigenvalue weighted by molar-refractivity contribution is -0.140. The van der Waals surface area contributed by atoms with Crippen LogP contribution in [-0.4, -0.2) is 11.5 Å². The number of aromatic nitrogens is 1. The molecular weight excluding hydrogens is 279 g/mol. The number of halogens is 5. The van der Waals surface area contributed by atoms with E-state index >= 15 is 0 Å². The lowest BCUT2D eigenvalue weighted by Gasteiger charge is -2.13. The zero-order chi connectivity index (χ0) is 14.9. The summed E-state index contributed by atoms with van der Waals surface area (Å²) in [5.74, 6) is -1.98. The number of pyridine rings is 1. The highest BCUT2D eigenvalue weighted by molar-refractivity contribution is 5.92. The van der Waals surface area contributed by atoms with Crippen molar-refractivity contribution >= 4 is 16.6 Å². The van der Waals surface area contributed by atoms with Crippen molar-refractivity contribution in [3.05, 3.63) is 35.5 Å². The highest BCUT2D eigenvalue weighted by Crippen LogP contribution is 2.34. The van der Waals surface area contributed by atoms with Crippen LogP contribution >= 0.6 is 0 Å². The fraction of sp³-hybridized carbons (Fsp3) is 0.308. The molecule has 0 unspecified atom stereocenters. The van der Waals surface area contributed by atoms with E-state index in [-0.39, 0.29) is 11.1 Å². The van der Waals surface area contributed by atoms with Gasteiger partial charge in [-0.3, -0.25) is 0 Å². The average Bonchev–Trinajstić information content (AvgIpc) is 2.34. The molecule has 1 aromatic heterocycles. The predicted molar refractivity (Wildman–Crippen MR) is 65.4 cm³/mol. The molecule has 0 aliphatic carbocycles. The minimum atomic E-state index is -4.70. The first-order valence-corrected chi connectivity index (χ1v) is 5.93. The third kappa shape index (κ3) is 2.81. The van der Waals surface area contributed by atoms with E-state index in [1.54, 1.807) is 0 Å². The molecule has 2 rings (SSSR count). The van der Waals surface area contributed by atoms with Crippen LogP contribution in [0.2, 0.25) is 0 Å². The van der Waals surface area contributed by atoms with E-state index in [1.807, 2.05) is 6.92 Å². The molecule has 0 radical (unpaired) electrons. The zero-order valence-electron chi connectivity index (χ0n) is 10.5. The van der Waals surface area contributed by atoms with Gasteiger partial charge in [0.2, 0.25) is 0 Å². The van der Waals surface area contributed by atoms with Crippen LogP contribution in [0.5, 0.6) is 0 Å². The molecule has 0 atom stereocenters. The van der Waals surface area contributed by atoms with Crippen molar-refractivity contribution < 1.29 is 22.0 Å². The summed E-state index contributed by atoms with van der Waals surface area (Å²) in [6.07, 6.45) is -4.04.